The van der Waals surface area contributed by atoms with Gasteiger partial charge in [0.2, 0.25) is 0 Å². The standard InChI is InChI=1S/C11H15ClN2/c1-8-6-7-14(2)11-9(12)4-3-5-10(11)13-8/h3-5,8,13H,6-7H2,1-2H3. The zero-order valence-electron chi connectivity index (χ0n) is 8.55. The molecule has 1 heterocycles. The van der Waals surface area contributed by atoms with E-state index in [0.29, 0.717) is 6.04 Å². The highest BCUT2D eigenvalue weighted by Gasteiger charge is 2.17. The topological polar surface area (TPSA) is 15.3 Å². The predicted molar refractivity (Wildman–Crippen MR) is 62.4 cm³/mol. The smallest absolute Gasteiger partial charge is 0.0788 e. The Kier molecular flexibility index (Phi) is 2.55. The quantitative estimate of drug-likeness (QED) is 0.708. The molecule has 1 aliphatic rings. The molecule has 0 aliphatic carbocycles. The van der Waals surface area contributed by atoms with Crippen molar-refractivity contribution in [2.45, 2.75) is 19.4 Å². The van der Waals surface area contributed by atoms with E-state index in [4.69, 9.17) is 11.6 Å². The molecule has 14 heavy (non-hydrogen) atoms. The Bertz CT molecular complexity index is 338. The second-order valence-electron chi connectivity index (χ2n) is 3.89. The number of nitrogens with zero attached hydrogens (tertiary/aromatic N) is 1. The summed E-state index contributed by atoms with van der Waals surface area (Å²) in [7, 11) is 2.09. The first-order chi connectivity index (χ1) is 6.68. The maximum atomic E-state index is 6.18. The van der Waals surface area contributed by atoms with Gasteiger partial charge in [-0.3, -0.25) is 0 Å². The summed E-state index contributed by atoms with van der Waals surface area (Å²) in [6.07, 6.45) is 1.14. The highest BCUT2D eigenvalue weighted by atomic mass is 35.5. The molecule has 0 saturated carbocycles. The number of hydrogen-bond donors (Lipinski definition) is 1. The third-order valence-corrected chi connectivity index (χ3v) is 2.97. The molecule has 1 aromatic carbocycles. The first-order valence-electron chi connectivity index (χ1n) is 4.94. The minimum Gasteiger partial charge on any atom is -0.381 e. The molecule has 1 N–H and O–H groups in total. The fourth-order valence-electron chi connectivity index (χ4n) is 1.86. The van der Waals surface area contributed by atoms with Crippen molar-refractivity contribution in [1.29, 1.82) is 0 Å². The Morgan fingerprint density at radius 2 is 2.29 bits per heavy atom. The highest BCUT2D eigenvalue weighted by molar-refractivity contribution is 6.34. The van der Waals surface area contributed by atoms with Crippen LogP contribution in [0.25, 0.3) is 0 Å². The van der Waals surface area contributed by atoms with E-state index >= 15 is 0 Å². The molecule has 0 aromatic heterocycles. The Morgan fingerprint density at radius 3 is 3.07 bits per heavy atom. The van der Waals surface area contributed by atoms with Crippen LogP contribution in [-0.4, -0.2) is 19.6 Å². The molecule has 1 aromatic rings. The van der Waals surface area contributed by atoms with Crippen LogP contribution < -0.4 is 10.2 Å². The Balaban J connectivity index is 2.46. The zero-order chi connectivity index (χ0) is 10.1. The Labute approximate surface area is 89.9 Å². The first kappa shape index (κ1) is 9.66. The van der Waals surface area contributed by atoms with E-state index in [0.717, 1.165) is 29.4 Å². The minimum atomic E-state index is 0.511. The number of hydrogen-bond acceptors (Lipinski definition) is 2. The van der Waals surface area contributed by atoms with E-state index < -0.39 is 0 Å². The second kappa shape index (κ2) is 3.70. The van der Waals surface area contributed by atoms with Gasteiger partial charge in [0.1, 0.15) is 0 Å². The molecule has 1 aliphatic heterocycles. The largest absolute Gasteiger partial charge is 0.381 e. The fourth-order valence-corrected chi connectivity index (χ4v) is 2.18. The molecule has 0 amide bonds. The van der Waals surface area contributed by atoms with E-state index in [1.807, 2.05) is 12.1 Å². The van der Waals surface area contributed by atoms with Crippen LogP contribution in [0.4, 0.5) is 11.4 Å². The average molecular weight is 211 g/mol. The third kappa shape index (κ3) is 1.67. The van der Waals surface area contributed by atoms with Crippen molar-refractivity contribution < 1.29 is 0 Å². The van der Waals surface area contributed by atoms with Gasteiger partial charge < -0.3 is 10.2 Å². The summed E-state index contributed by atoms with van der Waals surface area (Å²) in [6.45, 7) is 3.24. The lowest BCUT2D eigenvalue weighted by atomic mass is 10.2. The summed E-state index contributed by atoms with van der Waals surface area (Å²) in [5.74, 6) is 0. The molecule has 2 rings (SSSR count). The molecule has 0 bridgehead atoms. The molecule has 1 unspecified atom stereocenters. The Morgan fingerprint density at radius 1 is 1.50 bits per heavy atom. The average Bonchev–Trinajstić information content (AvgIpc) is 2.27. The van der Waals surface area contributed by atoms with E-state index in [9.17, 15) is 0 Å². The van der Waals surface area contributed by atoms with Crippen molar-refractivity contribution in [3.8, 4) is 0 Å². The number of benzene rings is 1. The summed E-state index contributed by atoms with van der Waals surface area (Å²) >= 11 is 6.18. The van der Waals surface area contributed by atoms with Gasteiger partial charge in [0, 0.05) is 19.6 Å². The van der Waals surface area contributed by atoms with Crippen LogP contribution in [0.3, 0.4) is 0 Å². The minimum absolute atomic E-state index is 0.511. The van der Waals surface area contributed by atoms with Gasteiger partial charge in [-0.05, 0) is 25.5 Å². The van der Waals surface area contributed by atoms with Crippen LogP contribution in [0.15, 0.2) is 18.2 Å². The number of para-hydroxylation sites is 1. The fraction of sp³-hybridized carbons (Fsp3) is 0.455. The van der Waals surface area contributed by atoms with Gasteiger partial charge >= 0.3 is 0 Å². The SMILES string of the molecule is CC1CCN(C)c2c(Cl)cccc2N1. The van der Waals surface area contributed by atoms with E-state index in [1.165, 1.54) is 0 Å². The van der Waals surface area contributed by atoms with Crippen molar-refractivity contribution in [2.75, 3.05) is 23.8 Å². The van der Waals surface area contributed by atoms with Gasteiger partial charge in [0.15, 0.2) is 0 Å². The molecule has 0 fully saturated rings. The van der Waals surface area contributed by atoms with Crippen LogP contribution in [0, 0.1) is 0 Å². The number of fused-ring (bicyclic) bond motifs is 1. The lowest BCUT2D eigenvalue weighted by molar-refractivity contribution is 0.711. The van der Waals surface area contributed by atoms with Gasteiger partial charge in [-0.15, -0.1) is 0 Å². The predicted octanol–water partition coefficient (Wildman–Crippen LogP) is 2.98. The molecule has 1 atom stereocenters. The van der Waals surface area contributed by atoms with Gasteiger partial charge in [0.05, 0.1) is 16.4 Å². The van der Waals surface area contributed by atoms with Gasteiger partial charge in [-0.25, -0.2) is 0 Å². The van der Waals surface area contributed by atoms with E-state index in [-0.39, 0.29) is 0 Å². The maximum absolute atomic E-state index is 6.18. The number of anilines is 2. The first-order valence-corrected chi connectivity index (χ1v) is 5.32. The monoisotopic (exact) mass is 210 g/mol. The summed E-state index contributed by atoms with van der Waals surface area (Å²) in [4.78, 5) is 2.22. The van der Waals surface area contributed by atoms with Crippen LogP contribution >= 0.6 is 11.6 Å². The lowest BCUT2D eigenvalue weighted by Gasteiger charge is -2.19. The molecular formula is C11H15ClN2. The van der Waals surface area contributed by atoms with E-state index in [2.05, 4.69) is 30.3 Å². The zero-order valence-corrected chi connectivity index (χ0v) is 9.30. The summed E-state index contributed by atoms with van der Waals surface area (Å²) in [6, 6.07) is 6.52. The van der Waals surface area contributed by atoms with Crippen molar-refractivity contribution in [2.24, 2.45) is 0 Å². The molecule has 0 saturated heterocycles. The van der Waals surface area contributed by atoms with Crippen molar-refractivity contribution in [1.82, 2.24) is 0 Å². The van der Waals surface area contributed by atoms with Crippen molar-refractivity contribution in [3.63, 3.8) is 0 Å². The van der Waals surface area contributed by atoms with E-state index in [1.54, 1.807) is 0 Å². The molecule has 3 heteroatoms. The molecule has 2 nitrogen and oxygen atoms in total. The third-order valence-electron chi connectivity index (χ3n) is 2.67. The molecule has 0 spiro atoms. The second-order valence-corrected chi connectivity index (χ2v) is 4.30. The number of rotatable bonds is 0. The maximum Gasteiger partial charge on any atom is 0.0788 e. The summed E-state index contributed by atoms with van der Waals surface area (Å²) in [5.41, 5.74) is 2.27. The summed E-state index contributed by atoms with van der Waals surface area (Å²) < 4.78 is 0. The molecule has 0 radical (unpaired) electrons. The van der Waals surface area contributed by atoms with Crippen LogP contribution in [-0.2, 0) is 0 Å². The van der Waals surface area contributed by atoms with Crippen LogP contribution in [0.1, 0.15) is 13.3 Å². The molecule has 76 valence electrons. The highest BCUT2D eigenvalue weighted by Crippen LogP contribution is 2.35. The summed E-state index contributed by atoms with van der Waals surface area (Å²) in [5, 5.41) is 4.29. The van der Waals surface area contributed by atoms with Crippen molar-refractivity contribution >= 4 is 23.0 Å². The van der Waals surface area contributed by atoms with Gasteiger partial charge in [-0.2, -0.15) is 0 Å². The molecular weight excluding hydrogens is 196 g/mol. The van der Waals surface area contributed by atoms with Crippen LogP contribution in [0.2, 0.25) is 5.02 Å². The van der Waals surface area contributed by atoms with Crippen LogP contribution in [0.5, 0.6) is 0 Å². The van der Waals surface area contributed by atoms with Crippen molar-refractivity contribution in [3.05, 3.63) is 23.2 Å². The lowest BCUT2D eigenvalue weighted by Crippen LogP contribution is -2.20. The Hall–Kier alpha value is -0.890. The van der Waals surface area contributed by atoms with Gasteiger partial charge in [0.25, 0.3) is 0 Å². The number of nitrogens with one attached hydrogen (secondary N) is 1. The van der Waals surface area contributed by atoms with Gasteiger partial charge in [-0.1, -0.05) is 17.7 Å². The normalized spacial score (nSPS) is 21.1. The number of halogens is 1.